The van der Waals surface area contributed by atoms with Gasteiger partial charge in [-0.25, -0.2) is 19.7 Å². The van der Waals surface area contributed by atoms with Crippen molar-refractivity contribution in [3.63, 3.8) is 0 Å². The summed E-state index contributed by atoms with van der Waals surface area (Å²) >= 11 is 0. The van der Waals surface area contributed by atoms with E-state index in [-0.39, 0.29) is 6.01 Å². The number of aromatic nitrogens is 3. The third kappa shape index (κ3) is 5.38. The van der Waals surface area contributed by atoms with Gasteiger partial charge < -0.3 is 15.6 Å². The largest absolute Gasteiger partial charge is 0.465 e. The van der Waals surface area contributed by atoms with Gasteiger partial charge in [-0.1, -0.05) is 13.8 Å². The molecule has 0 bridgehead atoms. The van der Waals surface area contributed by atoms with Gasteiger partial charge in [0.1, 0.15) is 12.4 Å². The Morgan fingerprint density at radius 1 is 1.31 bits per heavy atom. The molecule has 26 heavy (non-hydrogen) atoms. The fourth-order valence-corrected chi connectivity index (χ4v) is 2.64. The van der Waals surface area contributed by atoms with Gasteiger partial charge in [0.25, 0.3) is 0 Å². The van der Waals surface area contributed by atoms with E-state index >= 15 is 0 Å². The SMILES string of the molecule is CC(C)C[C@](C)(N)COc1ncc(-c2ccnc(N(C)C(=O)O)c2)cn1. The van der Waals surface area contributed by atoms with Gasteiger partial charge in [-0.15, -0.1) is 0 Å². The Balaban J connectivity index is 2.08. The van der Waals surface area contributed by atoms with E-state index in [4.69, 9.17) is 15.6 Å². The highest BCUT2D eigenvalue weighted by molar-refractivity contribution is 5.85. The lowest BCUT2D eigenvalue weighted by Crippen LogP contribution is -2.43. The van der Waals surface area contributed by atoms with Gasteiger partial charge in [-0.2, -0.15) is 0 Å². The molecule has 140 valence electrons. The van der Waals surface area contributed by atoms with Crippen molar-refractivity contribution in [2.24, 2.45) is 11.7 Å². The van der Waals surface area contributed by atoms with Gasteiger partial charge in [0.05, 0.1) is 0 Å². The standard InChI is InChI=1S/C18H25N5O3/c1-12(2)8-18(3,19)11-26-16-21-9-14(10-22-16)13-5-6-20-15(7-13)23(4)17(24)25/h5-7,9-10,12H,8,11,19H2,1-4H3,(H,24,25)/t18-/m0/s1. The molecular weight excluding hydrogens is 334 g/mol. The second-order valence-corrected chi connectivity index (χ2v) is 7.04. The van der Waals surface area contributed by atoms with E-state index in [1.165, 1.54) is 7.05 Å². The molecule has 2 rings (SSSR count). The zero-order chi connectivity index (χ0) is 19.3. The van der Waals surface area contributed by atoms with Crippen molar-refractivity contribution >= 4 is 11.9 Å². The van der Waals surface area contributed by atoms with Gasteiger partial charge in [-0.3, -0.25) is 4.90 Å². The molecule has 8 nitrogen and oxygen atoms in total. The number of anilines is 1. The number of amides is 1. The minimum Gasteiger partial charge on any atom is -0.465 e. The van der Waals surface area contributed by atoms with E-state index in [0.29, 0.717) is 18.3 Å². The Labute approximate surface area is 153 Å². The number of ether oxygens (including phenoxy) is 1. The van der Waals surface area contributed by atoms with Crippen molar-refractivity contribution in [3.8, 4) is 17.1 Å². The van der Waals surface area contributed by atoms with Crippen LogP contribution in [0, 0.1) is 5.92 Å². The van der Waals surface area contributed by atoms with Gasteiger partial charge >= 0.3 is 12.1 Å². The molecule has 0 aromatic carbocycles. The number of nitrogens with two attached hydrogens (primary N) is 1. The molecule has 0 saturated carbocycles. The van der Waals surface area contributed by atoms with Gasteiger partial charge in [0.2, 0.25) is 0 Å². The summed E-state index contributed by atoms with van der Waals surface area (Å²) in [6, 6.07) is 3.68. The fraction of sp³-hybridized carbons (Fsp3) is 0.444. The highest BCUT2D eigenvalue weighted by atomic mass is 16.5. The normalized spacial score (nSPS) is 13.3. The lowest BCUT2D eigenvalue weighted by Gasteiger charge is -2.25. The van der Waals surface area contributed by atoms with E-state index in [1.807, 2.05) is 6.92 Å². The van der Waals surface area contributed by atoms with Crippen molar-refractivity contribution < 1.29 is 14.6 Å². The smallest absolute Gasteiger partial charge is 0.412 e. The number of hydrogen-bond donors (Lipinski definition) is 2. The molecule has 0 unspecified atom stereocenters. The van der Waals surface area contributed by atoms with Crippen molar-refractivity contribution in [2.45, 2.75) is 32.7 Å². The maximum atomic E-state index is 11.0. The van der Waals surface area contributed by atoms with Gasteiger partial charge in [0.15, 0.2) is 0 Å². The van der Waals surface area contributed by atoms with Gasteiger partial charge in [-0.05, 0) is 37.0 Å². The molecule has 2 aromatic heterocycles. The first-order valence-corrected chi connectivity index (χ1v) is 8.35. The number of carboxylic acid groups (broad SMARTS) is 1. The molecule has 0 aliphatic carbocycles. The minimum absolute atomic E-state index is 0.256. The molecule has 0 aliphatic heterocycles. The maximum absolute atomic E-state index is 11.0. The Bertz CT molecular complexity index is 747. The Kier molecular flexibility index (Phi) is 6.10. The summed E-state index contributed by atoms with van der Waals surface area (Å²) < 4.78 is 5.61. The lowest BCUT2D eigenvalue weighted by molar-refractivity contribution is 0.194. The highest BCUT2D eigenvalue weighted by Gasteiger charge is 2.21. The number of rotatable bonds is 7. The van der Waals surface area contributed by atoms with Crippen LogP contribution in [0.2, 0.25) is 0 Å². The summed E-state index contributed by atoms with van der Waals surface area (Å²) in [6.07, 6.45) is 4.54. The molecule has 8 heteroatoms. The van der Waals surface area contributed by atoms with Crippen LogP contribution in [-0.4, -0.2) is 45.3 Å². The monoisotopic (exact) mass is 359 g/mol. The summed E-state index contributed by atoms with van der Waals surface area (Å²) in [4.78, 5) is 24.6. The first kappa shape index (κ1) is 19.6. The average molecular weight is 359 g/mol. The zero-order valence-electron chi connectivity index (χ0n) is 15.5. The molecule has 0 spiro atoms. The van der Waals surface area contributed by atoms with E-state index in [0.717, 1.165) is 22.4 Å². The molecular formula is C18H25N5O3. The molecule has 0 radical (unpaired) electrons. The van der Waals surface area contributed by atoms with Crippen molar-refractivity contribution in [3.05, 3.63) is 30.7 Å². The van der Waals surface area contributed by atoms with E-state index in [1.54, 1.807) is 30.7 Å². The fourth-order valence-electron chi connectivity index (χ4n) is 2.64. The summed E-state index contributed by atoms with van der Waals surface area (Å²) in [5, 5.41) is 9.05. The van der Waals surface area contributed by atoms with Crippen molar-refractivity contribution in [1.82, 2.24) is 15.0 Å². The first-order valence-electron chi connectivity index (χ1n) is 8.35. The molecule has 0 fully saturated rings. The van der Waals surface area contributed by atoms with Crippen LogP contribution in [0.4, 0.5) is 10.6 Å². The highest BCUT2D eigenvalue weighted by Crippen LogP contribution is 2.22. The predicted molar refractivity (Wildman–Crippen MR) is 99.2 cm³/mol. The quantitative estimate of drug-likeness (QED) is 0.781. The Morgan fingerprint density at radius 3 is 2.54 bits per heavy atom. The Hall–Kier alpha value is -2.74. The number of carbonyl (C=O) groups is 1. The number of pyridine rings is 1. The molecule has 2 aromatic rings. The maximum Gasteiger partial charge on any atom is 0.412 e. The molecule has 1 atom stereocenters. The lowest BCUT2D eigenvalue weighted by atomic mass is 9.93. The first-order chi connectivity index (χ1) is 12.2. The number of hydrogen-bond acceptors (Lipinski definition) is 6. The van der Waals surface area contributed by atoms with Crippen LogP contribution in [0.15, 0.2) is 30.7 Å². The van der Waals surface area contributed by atoms with Crippen LogP contribution >= 0.6 is 0 Å². The summed E-state index contributed by atoms with van der Waals surface area (Å²) in [5.74, 6) is 0.796. The van der Waals surface area contributed by atoms with Crippen molar-refractivity contribution in [1.29, 1.82) is 0 Å². The Morgan fingerprint density at radius 2 is 1.96 bits per heavy atom. The molecule has 3 N–H and O–H groups in total. The third-order valence-corrected chi connectivity index (χ3v) is 3.74. The number of nitrogens with zero attached hydrogens (tertiary/aromatic N) is 4. The van der Waals surface area contributed by atoms with Crippen LogP contribution in [0.25, 0.3) is 11.1 Å². The molecule has 1 amide bonds. The second-order valence-electron chi connectivity index (χ2n) is 7.04. The van der Waals surface area contributed by atoms with E-state index < -0.39 is 11.6 Å². The average Bonchev–Trinajstić information content (AvgIpc) is 2.59. The van der Waals surface area contributed by atoms with Crippen LogP contribution in [0.5, 0.6) is 6.01 Å². The second kappa shape index (κ2) is 8.09. The van der Waals surface area contributed by atoms with E-state index in [2.05, 4.69) is 28.8 Å². The molecule has 0 saturated heterocycles. The van der Waals surface area contributed by atoms with E-state index in [9.17, 15) is 4.79 Å². The van der Waals surface area contributed by atoms with Crippen molar-refractivity contribution in [2.75, 3.05) is 18.6 Å². The van der Waals surface area contributed by atoms with Crippen LogP contribution in [0.3, 0.4) is 0 Å². The summed E-state index contributed by atoms with van der Waals surface area (Å²) in [5.41, 5.74) is 7.26. The third-order valence-electron chi connectivity index (χ3n) is 3.74. The van der Waals surface area contributed by atoms with Crippen LogP contribution < -0.4 is 15.4 Å². The summed E-state index contributed by atoms with van der Waals surface area (Å²) in [7, 11) is 1.43. The summed E-state index contributed by atoms with van der Waals surface area (Å²) in [6.45, 7) is 6.49. The molecule has 0 aliphatic rings. The van der Waals surface area contributed by atoms with Crippen LogP contribution in [-0.2, 0) is 0 Å². The van der Waals surface area contributed by atoms with Crippen LogP contribution in [0.1, 0.15) is 27.2 Å². The predicted octanol–water partition coefficient (Wildman–Crippen LogP) is 2.80. The zero-order valence-corrected chi connectivity index (χ0v) is 15.5. The topological polar surface area (TPSA) is 114 Å². The van der Waals surface area contributed by atoms with Gasteiger partial charge in [0, 0.05) is 36.7 Å². The molecule has 2 heterocycles. The minimum atomic E-state index is -1.08.